The third-order valence-corrected chi connectivity index (χ3v) is 4.16. The number of nitrogens with one attached hydrogen (secondary N) is 1. The second-order valence-electron chi connectivity index (χ2n) is 3.54. The van der Waals surface area contributed by atoms with E-state index in [1.165, 1.54) is 6.07 Å². The smallest absolute Gasteiger partial charge is 0.249 e. The Labute approximate surface area is 108 Å². The number of hydrogen-bond acceptors (Lipinski definition) is 4. The molecule has 1 unspecified atom stereocenters. The summed E-state index contributed by atoms with van der Waals surface area (Å²) < 4.78 is 28.6. The fourth-order valence-electron chi connectivity index (χ4n) is 1.36. The van der Waals surface area contributed by atoms with Gasteiger partial charge in [-0.1, -0.05) is 36.4 Å². The van der Waals surface area contributed by atoms with Crippen molar-refractivity contribution in [2.75, 3.05) is 5.48 Å². The number of hydrogen-bond donors (Lipinski definition) is 1. The van der Waals surface area contributed by atoms with E-state index in [2.05, 4.69) is 14.7 Å². The molecule has 94 valence electrons. The second kappa shape index (κ2) is 5.48. The van der Waals surface area contributed by atoms with Crippen molar-refractivity contribution in [3.8, 4) is 0 Å². The van der Waals surface area contributed by atoms with Crippen molar-refractivity contribution in [3.05, 3.63) is 54.6 Å². The molecule has 0 aliphatic rings. The normalized spacial score (nSPS) is 11.2. The number of para-hydroxylation sites is 1. The van der Waals surface area contributed by atoms with E-state index in [-0.39, 0.29) is 4.90 Å². The molecule has 0 aliphatic heterocycles. The molecule has 0 aliphatic carbocycles. The lowest BCUT2D eigenvalue weighted by molar-refractivity contribution is 0.391. The summed E-state index contributed by atoms with van der Waals surface area (Å²) in [4.78, 5) is 0.124. The van der Waals surface area contributed by atoms with E-state index < -0.39 is 10.1 Å². The standard InChI is InChI=1S/C12H12NO3PS/c14-18(15,12-9-5-4-8-11(12)17)16-13-10-6-2-1-3-7-10/h1-9,13H,17H2. The first-order valence-corrected chi connectivity index (χ1v) is 7.17. The maximum Gasteiger partial charge on any atom is 0.318 e. The first kappa shape index (κ1) is 13.0. The first-order chi connectivity index (χ1) is 8.59. The van der Waals surface area contributed by atoms with Crippen LogP contribution >= 0.6 is 9.24 Å². The van der Waals surface area contributed by atoms with E-state index >= 15 is 0 Å². The van der Waals surface area contributed by atoms with Crippen LogP contribution in [0, 0.1) is 0 Å². The summed E-state index contributed by atoms with van der Waals surface area (Å²) in [5.41, 5.74) is 2.98. The zero-order valence-electron chi connectivity index (χ0n) is 9.41. The third-order valence-electron chi connectivity index (χ3n) is 2.23. The molecule has 1 atom stereocenters. The molecule has 6 heteroatoms. The highest BCUT2D eigenvalue weighted by molar-refractivity contribution is 7.87. The second-order valence-corrected chi connectivity index (χ2v) is 5.68. The Morgan fingerprint density at radius 1 is 0.944 bits per heavy atom. The molecular weight excluding hydrogens is 269 g/mol. The van der Waals surface area contributed by atoms with Crippen LogP contribution in [0.2, 0.25) is 0 Å². The van der Waals surface area contributed by atoms with Crippen LogP contribution < -0.4 is 10.8 Å². The van der Waals surface area contributed by atoms with Gasteiger partial charge in [0.1, 0.15) is 4.90 Å². The van der Waals surface area contributed by atoms with Gasteiger partial charge in [0.15, 0.2) is 0 Å². The largest absolute Gasteiger partial charge is 0.318 e. The SMILES string of the molecule is O=S(=O)(ONc1ccccc1)c1ccccc1P. The molecule has 0 fully saturated rings. The number of rotatable bonds is 4. The Kier molecular flexibility index (Phi) is 3.97. The average Bonchev–Trinajstić information content (AvgIpc) is 2.38. The lowest BCUT2D eigenvalue weighted by atomic mass is 10.3. The van der Waals surface area contributed by atoms with E-state index in [1.807, 2.05) is 6.07 Å². The maximum absolute atomic E-state index is 11.9. The third kappa shape index (κ3) is 3.07. The Morgan fingerprint density at radius 3 is 2.22 bits per heavy atom. The molecule has 2 rings (SSSR count). The van der Waals surface area contributed by atoms with Crippen LogP contribution in [0.5, 0.6) is 0 Å². The van der Waals surface area contributed by atoms with Crippen molar-refractivity contribution in [1.82, 2.24) is 0 Å². The van der Waals surface area contributed by atoms with Gasteiger partial charge in [-0.05, 0) is 23.5 Å². The molecule has 2 aromatic rings. The van der Waals surface area contributed by atoms with Crippen LogP contribution in [-0.2, 0) is 14.4 Å². The molecule has 2 aromatic carbocycles. The van der Waals surface area contributed by atoms with Crippen LogP contribution in [0.25, 0.3) is 0 Å². The topological polar surface area (TPSA) is 55.4 Å². The molecular formula is C12H12NO3PS. The van der Waals surface area contributed by atoms with Gasteiger partial charge in [-0.25, -0.2) is 5.48 Å². The summed E-state index contributed by atoms with van der Waals surface area (Å²) >= 11 is 0. The minimum Gasteiger partial charge on any atom is -0.249 e. The number of anilines is 1. The van der Waals surface area contributed by atoms with Gasteiger partial charge >= 0.3 is 10.1 Å². The van der Waals surface area contributed by atoms with Crippen LogP contribution in [0.3, 0.4) is 0 Å². The summed E-state index contributed by atoms with van der Waals surface area (Å²) in [6.45, 7) is 0. The minimum atomic E-state index is -3.82. The lowest BCUT2D eigenvalue weighted by Crippen LogP contribution is -2.16. The summed E-state index contributed by atoms with van der Waals surface area (Å²) in [6.07, 6.45) is 0. The predicted molar refractivity (Wildman–Crippen MR) is 74.1 cm³/mol. The average molecular weight is 281 g/mol. The Morgan fingerprint density at radius 2 is 1.56 bits per heavy atom. The summed E-state index contributed by atoms with van der Waals surface area (Å²) in [5, 5.41) is 0.562. The van der Waals surface area contributed by atoms with Gasteiger partial charge in [0.25, 0.3) is 0 Å². The van der Waals surface area contributed by atoms with Crippen molar-refractivity contribution in [2.24, 2.45) is 0 Å². The van der Waals surface area contributed by atoms with Crippen molar-refractivity contribution in [3.63, 3.8) is 0 Å². The minimum absolute atomic E-state index is 0.124. The zero-order valence-corrected chi connectivity index (χ0v) is 11.4. The van der Waals surface area contributed by atoms with Crippen LogP contribution in [0.1, 0.15) is 0 Å². The Balaban J connectivity index is 2.16. The van der Waals surface area contributed by atoms with E-state index in [4.69, 9.17) is 4.28 Å². The van der Waals surface area contributed by atoms with Gasteiger partial charge in [-0.3, -0.25) is 0 Å². The highest BCUT2D eigenvalue weighted by Gasteiger charge is 2.17. The lowest BCUT2D eigenvalue weighted by Gasteiger charge is -2.08. The molecule has 0 amide bonds. The summed E-state index contributed by atoms with van der Waals surface area (Å²) in [6, 6.07) is 15.4. The van der Waals surface area contributed by atoms with Gasteiger partial charge in [-0.15, -0.1) is 13.5 Å². The summed E-state index contributed by atoms with van der Waals surface area (Å²) in [7, 11) is -1.46. The van der Waals surface area contributed by atoms with Crippen molar-refractivity contribution >= 4 is 30.3 Å². The Hall–Kier alpha value is -1.42. The monoisotopic (exact) mass is 281 g/mol. The van der Waals surface area contributed by atoms with E-state index in [0.29, 0.717) is 11.0 Å². The fourth-order valence-corrected chi connectivity index (χ4v) is 2.90. The maximum atomic E-state index is 11.9. The Bertz CT molecular complexity index is 629. The molecule has 0 heterocycles. The molecule has 4 nitrogen and oxygen atoms in total. The molecule has 1 N–H and O–H groups in total. The molecule has 0 aromatic heterocycles. The molecule has 0 spiro atoms. The zero-order chi connectivity index (χ0) is 13.0. The van der Waals surface area contributed by atoms with Gasteiger partial charge in [-0.2, -0.15) is 8.42 Å². The van der Waals surface area contributed by atoms with E-state index in [0.717, 1.165) is 0 Å². The molecule has 0 bridgehead atoms. The van der Waals surface area contributed by atoms with Crippen molar-refractivity contribution in [2.45, 2.75) is 4.90 Å². The predicted octanol–water partition coefficient (Wildman–Crippen LogP) is 1.92. The highest BCUT2D eigenvalue weighted by atomic mass is 32.2. The van der Waals surface area contributed by atoms with Crippen molar-refractivity contribution < 1.29 is 12.7 Å². The molecule has 0 radical (unpaired) electrons. The number of benzene rings is 2. The van der Waals surface area contributed by atoms with Gasteiger partial charge in [0.2, 0.25) is 0 Å². The fraction of sp³-hybridized carbons (Fsp3) is 0. The molecule has 0 saturated heterocycles. The van der Waals surface area contributed by atoms with Crippen LogP contribution in [0.4, 0.5) is 5.69 Å². The quantitative estimate of drug-likeness (QED) is 0.687. The van der Waals surface area contributed by atoms with Gasteiger partial charge in [0, 0.05) is 0 Å². The van der Waals surface area contributed by atoms with Crippen LogP contribution in [0.15, 0.2) is 59.5 Å². The molecule has 0 saturated carbocycles. The van der Waals surface area contributed by atoms with E-state index in [9.17, 15) is 8.42 Å². The van der Waals surface area contributed by atoms with Crippen molar-refractivity contribution in [1.29, 1.82) is 0 Å². The van der Waals surface area contributed by atoms with Gasteiger partial charge in [0.05, 0.1) is 5.69 Å². The van der Waals surface area contributed by atoms with Crippen LogP contribution in [-0.4, -0.2) is 8.42 Å². The summed E-state index contributed by atoms with van der Waals surface area (Å²) in [5.74, 6) is 0. The first-order valence-electron chi connectivity index (χ1n) is 5.18. The van der Waals surface area contributed by atoms with Gasteiger partial charge < -0.3 is 0 Å². The molecule has 18 heavy (non-hydrogen) atoms. The van der Waals surface area contributed by atoms with E-state index in [1.54, 1.807) is 42.5 Å². The highest BCUT2D eigenvalue weighted by Crippen LogP contribution is 2.14.